The van der Waals surface area contributed by atoms with Gasteiger partial charge in [-0.15, -0.1) is 11.3 Å². The summed E-state index contributed by atoms with van der Waals surface area (Å²) in [7, 11) is 0. The summed E-state index contributed by atoms with van der Waals surface area (Å²) in [6.45, 7) is 5.72. The summed E-state index contributed by atoms with van der Waals surface area (Å²) in [4.78, 5) is 33.4. The molecule has 124 valence electrons. The molecule has 0 saturated heterocycles. The molecule has 7 nitrogen and oxygen atoms in total. The van der Waals surface area contributed by atoms with Crippen LogP contribution in [-0.2, 0) is 16.0 Å². The van der Waals surface area contributed by atoms with Crippen LogP contribution >= 0.6 is 11.3 Å². The second-order valence-electron chi connectivity index (χ2n) is 5.21. The monoisotopic (exact) mass is 336 g/mol. The minimum Gasteiger partial charge on any atom is -0.481 e. The van der Waals surface area contributed by atoms with Gasteiger partial charge in [0.1, 0.15) is 22.5 Å². The fraction of sp³-hybridized carbons (Fsp3) is 0.467. The minimum atomic E-state index is -0.940. The van der Waals surface area contributed by atoms with Crippen LogP contribution in [0.1, 0.15) is 31.0 Å². The van der Waals surface area contributed by atoms with Crippen molar-refractivity contribution >= 4 is 39.2 Å². The molecule has 1 amide bonds. The number of carboxylic acid groups (broad SMARTS) is 1. The predicted octanol–water partition coefficient (Wildman–Crippen LogP) is 1.95. The second-order valence-corrected chi connectivity index (χ2v) is 6.32. The standard InChI is InChI=1S/C15H20N4O3S/c1-4-10-7-11-13(18-9(3)19-15(11)23-10)17-8(2)14(22)16-6-5-12(20)21/h7-8H,4-6H2,1-3H3,(H,16,22)(H,20,21)(H,17,18,19). The van der Waals surface area contributed by atoms with Crippen molar-refractivity contribution < 1.29 is 14.7 Å². The number of hydrogen-bond donors (Lipinski definition) is 3. The molecule has 2 heterocycles. The van der Waals surface area contributed by atoms with Crippen LogP contribution in [0.15, 0.2) is 6.07 Å². The maximum absolute atomic E-state index is 12.0. The second kappa shape index (κ2) is 7.36. The van der Waals surface area contributed by atoms with Gasteiger partial charge in [0.15, 0.2) is 0 Å². The number of carbonyl (C=O) groups excluding carboxylic acids is 1. The van der Waals surface area contributed by atoms with Crippen molar-refractivity contribution in [3.05, 3.63) is 16.8 Å². The molecule has 0 saturated carbocycles. The minimum absolute atomic E-state index is 0.0975. The van der Waals surface area contributed by atoms with E-state index in [-0.39, 0.29) is 18.9 Å². The SMILES string of the molecule is CCc1cc2c(NC(C)C(=O)NCCC(=O)O)nc(C)nc2s1. The first-order valence-corrected chi connectivity index (χ1v) is 8.25. The van der Waals surface area contributed by atoms with Crippen LogP contribution in [0.2, 0.25) is 0 Å². The molecule has 3 N–H and O–H groups in total. The summed E-state index contributed by atoms with van der Waals surface area (Å²) in [6, 6.07) is 1.52. The summed E-state index contributed by atoms with van der Waals surface area (Å²) in [5.41, 5.74) is 0. The summed E-state index contributed by atoms with van der Waals surface area (Å²) >= 11 is 1.62. The van der Waals surface area contributed by atoms with Gasteiger partial charge >= 0.3 is 5.97 Å². The number of fused-ring (bicyclic) bond motifs is 1. The number of nitrogens with zero attached hydrogens (tertiary/aromatic N) is 2. The first-order chi connectivity index (χ1) is 10.9. The van der Waals surface area contributed by atoms with Gasteiger partial charge in [-0.1, -0.05) is 6.92 Å². The van der Waals surface area contributed by atoms with Crippen molar-refractivity contribution in [2.45, 2.75) is 39.7 Å². The van der Waals surface area contributed by atoms with Crippen molar-refractivity contribution in [1.29, 1.82) is 0 Å². The Morgan fingerprint density at radius 2 is 2.13 bits per heavy atom. The van der Waals surface area contributed by atoms with E-state index in [0.717, 1.165) is 16.6 Å². The molecular weight excluding hydrogens is 316 g/mol. The van der Waals surface area contributed by atoms with Crippen molar-refractivity contribution in [2.24, 2.45) is 0 Å². The van der Waals surface area contributed by atoms with E-state index in [4.69, 9.17) is 5.11 Å². The Morgan fingerprint density at radius 1 is 1.39 bits per heavy atom. The molecular formula is C15H20N4O3S. The maximum Gasteiger partial charge on any atom is 0.305 e. The van der Waals surface area contributed by atoms with E-state index in [1.54, 1.807) is 18.3 Å². The van der Waals surface area contributed by atoms with E-state index in [1.165, 1.54) is 4.88 Å². The Hall–Kier alpha value is -2.22. The van der Waals surface area contributed by atoms with Gasteiger partial charge in [-0.25, -0.2) is 9.97 Å². The summed E-state index contributed by atoms with van der Waals surface area (Å²) in [5, 5.41) is 15.2. The molecule has 0 bridgehead atoms. The molecule has 0 aliphatic heterocycles. The highest BCUT2D eigenvalue weighted by molar-refractivity contribution is 7.18. The smallest absolute Gasteiger partial charge is 0.305 e. The van der Waals surface area contributed by atoms with E-state index in [9.17, 15) is 9.59 Å². The molecule has 0 spiro atoms. The number of rotatable bonds is 7. The fourth-order valence-corrected chi connectivity index (χ4v) is 3.09. The quantitative estimate of drug-likeness (QED) is 0.714. The van der Waals surface area contributed by atoms with Gasteiger partial charge < -0.3 is 15.7 Å². The molecule has 0 fully saturated rings. The van der Waals surface area contributed by atoms with Crippen LogP contribution in [0, 0.1) is 6.92 Å². The first-order valence-electron chi connectivity index (χ1n) is 7.43. The number of anilines is 1. The third kappa shape index (κ3) is 4.38. The lowest BCUT2D eigenvalue weighted by Gasteiger charge is -2.15. The van der Waals surface area contributed by atoms with E-state index in [2.05, 4.69) is 27.5 Å². The van der Waals surface area contributed by atoms with E-state index in [0.29, 0.717) is 11.6 Å². The molecule has 1 unspecified atom stereocenters. The third-order valence-electron chi connectivity index (χ3n) is 3.29. The van der Waals surface area contributed by atoms with Gasteiger partial charge in [0, 0.05) is 11.4 Å². The fourth-order valence-electron chi connectivity index (χ4n) is 2.08. The van der Waals surface area contributed by atoms with E-state index >= 15 is 0 Å². The van der Waals surface area contributed by atoms with Gasteiger partial charge in [-0.05, 0) is 26.3 Å². The average Bonchev–Trinajstić information content (AvgIpc) is 2.89. The van der Waals surface area contributed by atoms with Gasteiger partial charge in [0.25, 0.3) is 0 Å². The summed E-state index contributed by atoms with van der Waals surface area (Å²) < 4.78 is 0. The molecule has 2 aromatic rings. The number of thiophene rings is 1. The molecule has 0 aliphatic rings. The Labute approximate surface area is 138 Å². The first kappa shape index (κ1) is 17.1. The largest absolute Gasteiger partial charge is 0.481 e. The lowest BCUT2D eigenvalue weighted by Crippen LogP contribution is -2.38. The number of amides is 1. The molecule has 0 aromatic carbocycles. The van der Waals surface area contributed by atoms with Crippen molar-refractivity contribution in [2.75, 3.05) is 11.9 Å². The van der Waals surface area contributed by atoms with Crippen molar-refractivity contribution in [3.8, 4) is 0 Å². The van der Waals surface area contributed by atoms with Gasteiger partial charge in [0.05, 0.1) is 11.8 Å². The van der Waals surface area contributed by atoms with Gasteiger partial charge in [-0.3, -0.25) is 9.59 Å². The van der Waals surface area contributed by atoms with Crippen molar-refractivity contribution in [3.63, 3.8) is 0 Å². The summed E-state index contributed by atoms with van der Waals surface area (Å²) in [5.74, 6) is 0.0679. The lowest BCUT2D eigenvalue weighted by atomic mass is 10.2. The third-order valence-corrected chi connectivity index (χ3v) is 4.46. The number of hydrogen-bond acceptors (Lipinski definition) is 6. The summed E-state index contributed by atoms with van der Waals surface area (Å²) in [6.07, 6.45) is 0.824. The average molecular weight is 336 g/mol. The van der Waals surface area contributed by atoms with E-state index in [1.807, 2.05) is 13.0 Å². The highest BCUT2D eigenvalue weighted by Gasteiger charge is 2.16. The molecule has 8 heteroatoms. The molecule has 23 heavy (non-hydrogen) atoms. The Balaban J connectivity index is 2.12. The number of nitrogens with one attached hydrogen (secondary N) is 2. The normalized spacial score (nSPS) is 12.1. The molecule has 0 aliphatic carbocycles. The highest BCUT2D eigenvalue weighted by Crippen LogP contribution is 2.29. The zero-order valence-corrected chi connectivity index (χ0v) is 14.2. The molecule has 2 aromatic heterocycles. The van der Waals surface area contributed by atoms with Crippen LogP contribution < -0.4 is 10.6 Å². The highest BCUT2D eigenvalue weighted by atomic mass is 32.1. The predicted molar refractivity (Wildman–Crippen MR) is 89.9 cm³/mol. The lowest BCUT2D eigenvalue weighted by molar-refractivity contribution is -0.136. The van der Waals surface area contributed by atoms with Crippen LogP contribution in [0.5, 0.6) is 0 Å². The number of carboxylic acids is 1. The van der Waals surface area contributed by atoms with Crippen LogP contribution in [-0.4, -0.2) is 39.5 Å². The Morgan fingerprint density at radius 3 is 2.78 bits per heavy atom. The number of aromatic nitrogens is 2. The van der Waals surface area contributed by atoms with Crippen LogP contribution in [0.3, 0.4) is 0 Å². The molecule has 0 radical (unpaired) electrons. The van der Waals surface area contributed by atoms with Gasteiger partial charge in [0.2, 0.25) is 5.91 Å². The van der Waals surface area contributed by atoms with E-state index < -0.39 is 12.0 Å². The number of carbonyl (C=O) groups is 2. The maximum atomic E-state index is 12.0. The zero-order chi connectivity index (χ0) is 17.0. The van der Waals surface area contributed by atoms with Crippen LogP contribution in [0.4, 0.5) is 5.82 Å². The Bertz CT molecular complexity index is 729. The van der Waals surface area contributed by atoms with Gasteiger partial charge in [-0.2, -0.15) is 0 Å². The zero-order valence-electron chi connectivity index (χ0n) is 13.3. The van der Waals surface area contributed by atoms with Crippen molar-refractivity contribution in [1.82, 2.24) is 15.3 Å². The topological polar surface area (TPSA) is 104 Å². The molecule has 2 rings (SSSR count). The molecule has 1 atom stereocenters. The number of aliphatic carboxylic acids is 1. The Kier molecular flexibility index (Phi) is 5.49. The number of aryl methyl sites for hydroxylation is 2. The van der Waals surface area contributed by atoms with Crippen LogP contribution in [0.25, 0.3) is 10.2 Å².